The molecule has 3 N–H and O–H groups in total. The normalized spacial score (nSPS) is 12.5. The molecule has 0 aliphatic rings. The number of benzene rings is 4. The number of nitrogens with zero attached hydrogens (tertiary/aromatic N) is 4. The molecule has 0 aliphatic carbocycles. The van der Waals surface area contributed by atoms with E-state index in [-0.39, 0.29) is 80.0 Å². The number of halogens is 2. The molecule has 6 rings (SSSR count). The molecule has 0 saturated carbocycles. The van der Waals surface area contributed by atoms with Crippen LogP contribution < -0.4 is 26.3 Å². The number of nitrogens with two attached hydrogens (primary N) is 1. The lowest BCUT2D eigenvalue weighted by molar-refractivity contribution is -0.144. The van der Waals surface area contributed by atoms with Crippen LogP contribution in [-0.2, 0) is 41.5 Å². The average molecular weight is 1300 g/mol. The Morgan fingerprint density at radius 1 is 0.532 bits per heavy atom. The zero-order valence-electron chi connectivity index (χ0n) is 58.8. The number of ketones is 1. The van der Waals surface area contributed by atoms with Gasteiger partial charge < -0.3 is 48.7 Å². The van der Waals surface area contributed by atoms with E-state index in [4.69, 9.17) is 24.7 Å². The largest absolute Gasteiger partial charge is 0.497 e. The van der Waals surface area contributed by atoms with E-state index in [0.717, 1.165) is 104 Å². The number of pyridine rings is 2. The maximum Gasteiger partial charge on any atom is 0.326 e. The predicted molar refractivity (Wildman–Crippen MR) is 374 cm³/mol. The monoisotopic (exact) mass is 1300 g/mol. The number of carboxylic acid groups (broad SMARTS) is 1. The van der Waals surface area contributed by atoms with Crippen LogP contribution in [0.1, 0.15) is 172 Å². The second kappa shape index (κ2) is 37.3. The highest BCUT2D eigenvalue weighted by molar-refractivity contribution is 5.85. The maximum atomic E-state index is 16.1. The van der Waals surface area contributed by atoms with Crippen molar-refractivity contribution < 1.29 is 52.0 Å². The van der Waals surface area contributed by atoms with Gasteiger partial charge in [0.1, 0.15) is 29.2 Å². The van der Waals surface area contributed by atoms with Gasteiger partial charge in [-0.3, -0.25) is 24.0 Å². The number of hydrogen-bond acceptors (Lipinski definition) is 13. The molecule has 0 saturated heterocycles. The van der Waals surface area contributed by atoms with Crippen LogP contribution >= 0.6 is 0 Å². The first-order valence-electron chi connectivity index (χ1n) is 32.1. The first kappa shape index (κ1) is 80.4. The van der Waals surface area contributed by atoms with E-state index in [0.29, 0.717) is 29.5 Å². The van der Waals surface area contributed by atoms with Crippen molar-refractivity contribution >= 4 is 23.7 Å². The number of esters is 2. The Balaban J connectivity index is 0.000000404. The van der Waals surface area contributed by atoms with Crippen molar-refractivity contribution in [2.75, 3.05) is 68.7 Å². The highest BCUT2D eigenvalue weighted by atomic mass is 19.1. The number of aryl methyl sites for hydroxylation is 8. The van der Waals surface area contributed by atoms with Gasteiger partial charge in [0.2, 0.25) is 0 Å². The Labute approximate surface area is 557 Å². The van der Waals surface area contributed by atoms with Crippen molar-refractivity contribution in [2.45, 2.75) is 173 Å². The van der Waals surface area contributed by atoms with E-state index in [9.17, 15) is 38.3 Å². The van der Waals surface area contributed by atoms with Crippen molar-refractivity contribution in [3.63, 3.8) is 0 Å². The van der Waals surface area contributed by atoms with Crippen molar-refractivity contribution in [3.8, 4) is 33.8 Å². The fraction of sp³-hybridized carbons (Fsp3) is 0.500. The summed E-state index contributed by atoms with van der Waals surface area (Å²) in [6.07, 6.45) is 5.61. The summed E-state index contributed by atoms with van der Waals surface area (Å²) < 4.78 is 54.6. The number of aromatic nitrogens is 2. The van der Waals surface area contributed by atoms with E-state index >= 15 is 4.39 Å². The summed E-state index contributed by atoms with van der Waals surface area (Å²) in [7, 11) is 11.2. The van der Waals surface area contributed by atoms with Crippen LogP contribution in [0.3, 0.4) is 0 Å². The van der Waals surface area contributed by atoms with Crippen molar-refractivity contribution in [3.05, 3.63) is 172 Å². The first-order chi connectivity index (χ1) is 43.7. The first-order valence-corrected chi connectivity index (χ1v) is 32.1. The standard InChI is InChI=1S/C38H51FN2O5.C21H26FNO3.C16H26N2O3.CH4/c1-11-46-36(44)21-29(32-19-30(15-27(7)38(32)39)37-25(5)16-31(45-10)17-26(37)6)20-34(42)33(14-23(2)3)41-22-28(12-13-40(8)9)24(4)18-35(41)43;1-6-26-19(24)11-18(23)17-10-15(7-14(4)21(17)22)20-12(2)8-16(25-5)9-13(20)3;1-11(2)8-14(16(20)21)18-10-13(6-7-17(4)5)12(3)9-15(18)19;/h15-19,22-23,29,33H,11-14,20-21H2,1-10H3;7-10,18H,6,11,23H2,1-5H3;9-11,14H,6-8H2,1-5H3,(H,20,21);1H4/t29-,33?;18-;;/m00../s1. The van der Waals surface area contributed by atoms with Crippen LogP contribution in [0.15, 0.2) is 82.6 Å². The fourth-order valence-corrected chi connectivity index (χ4v) is 11.7. The second-order valence-electron chi connectivity index (χ2n) is 25.8. The molecule has 6 aromatic rings. The zero-order valence-corrected chi connectivity index (χ0v) is 58.8. The Bertz CT molecular complexity index is 3630. The molecule has 0 amide bonds. The number of carbonyl (C=O) groups excluding carboxylic acids is 3. The lowest BCUT2D eigenvalue weighted by Gasteiger charge is -2.25. The Kier molecular flexibility index (Phi) is 31.9. The van der Waals surface area contributed by atoms with Gasteiger partial charge in [0, 0.05) is 61.6 Å². The predicted octanol–water partition coefficient (Wildman–Crippen LogP) is 14.2. The minimum Gasteiger partial charge on any atom is -0.497 e. The van der Waals surface area contributed by atoms with E-state index in [1.54, 1.807) is 89.1 Å². The van der Waals surface area contributed by atoms with Crippen LogP contribution in [0.2, 0.25) is 0 Å². The van der Waals surface area contributed by atoms with Crippen LogP contribution in [0.4, 0.5) is 8.78 Å². The Hall–Kier alpha value is -7.80. The van der Waals surface area contributed by atoms with Crippen LogP contribution in [0.5, 0.6) is 11.5 Å². The SMILES string of the molecule is C.CCOC(=O)C[C@H](CC(=O)C(CC(C)C)n1cc(CCN(C)C)c(C)cc1=O)c1cc(-c2c(C)cc(OC)cc2C)cc(C)c1F.CCOC(=O)C[C@H](N)c1cc(-c2c(C)cc(OC)cc2C)cc(C)c1F.Cc1cc(=O)n(C(CC(C)C)C(=O)O)cc1CCN(C)C. The number of aliphatic carboxylic acids is 1. The number of methoxy groups -OCH3 is 2. The quantitative estimate of drug-likeness (QED) is 0.0439. The Morgan fingerprint density at radius 3 is 1.28 bits per heavy atom. The number of carbonyl (C=O) groups is 4. The molecule has 4 atom stereocenters. The van der Waals surface area contributed by atoms with E-state index in [1.165, 1.54) is 4.57 Å². The molecule has 2 heterocycles. The van der Waals surface area contributed by atoms with Crippen LogP contribution in [0.25, 0.3) is 22.3 Å². The van der Waals surface area contributed by atoms with E-state index in [1.807, 2.05) is 128 Å². The minimum atomic E-state index is -0.951. The van der Waals surface area contributed by atoms with Gasteiger partial charge in [-0.2, -0.15) is 0 Å². The van der Waals surface area contributed by atoms with Gasteiger partial charge in [-0.15, -0.1) is 0 Å². The fourth-order valence-electron chi connectivity index (χ4n) is 11.7. The molecule has 516 valence electrons. The zero-order chi connectivity index (χ0) is 69.9. The van der Waals surface area contributed by atoms with Gasteiger partial charge in [0.15, 0.2) is 5.78 Å². The third-order valence-electron chi connectivity index (χ3n) is 16.5. The van der Waals surface area contributed by atoms with Crippen molar-refractivity contribution in [2.24, 2.45) is 17.6 Å². The highest BCUT2D eigenvalue weighted by Crippen LogP contribution is 2.39. The number of rotatable bonds is 28. The maximum absolute atomic E-state index is 16.1. The number of carboxylic acids is 1. The van der Waals surface area contributed by atoms with E-state index in [2.05, 4.69) is 9.80 Å². The van der Waals surface area contributed by atoms with Gasteiger partial charge in [-0.05, 0) is 267 Å². The van der Waals surface area contributed by atoms with Crippen molar-refractivity contribution in [1.82, 2.24) is 18.9 Å². The van der Waals surface area contributed by atoms with Crippen LogP contribution in [-0.4, -0.2) is 116 Å². The van der Waals surface area contributed by atoms with Crippen LogP contribution in [0, 0.1) is 78.9 Å². The molecule has 4 aromatic carbocycles. The third-order valence-corrected chi connectivity index (χ3v) is 16.5. The molecule has 0 radical (unpaired) electrons. The molecular weight excluding hydrogens is 1200 g/mol. The lowest BCUT2D eigenvalue weighted by atomic mass is 9.83. The summed E-state index contributed by atoms with van der Waals surface area (Å²) in [5.74, 6) is -1.88. The molecule has 18 heteroatoms. The van der Waals surface area contributed by atoms with E-state index < -0.39 is 47.8 Å². The van der Waals surface area contributed by atoms with Gasteiger partial charge >= 0.3 is 17.9 Å². The molecule has 2 unspecified atom stereocenters. The molecule has 0 bridgehead atoms. The molecule has 0 aliphatic heterocycles. The lowest BCUT2D eigenvalue weighted by Crippen LogP contribution is -2.32. The second-order valence-corrected chi connectivity index (χ2v) is 25.8. The van der Waals surface area contributed by atoms with Gasteiger partial charge in [0.25, 0.3) is 11.1 Å². The number of Topliss-reactive ketones (excluding diaryl/α,β-unsaturated/α-hetero) is 1. The molecule has 2 aromatic heterocycles. The molecule has 94 heavy (non-hydrogen) atoms. The minimum absolute atomic E-state index is 0. The summed E-state index contributed by atoms with van der Waals surface area (Å²) in [5.41, 5.74) is 18.6. The highest BCUT2D eigenvalue weighted by Gasteiger charge is 2.31. The Morgan fingerprint density at radius 2 is 0.904 bits per heavy atom. The summed E-state index contributed by atoms with van der Waals surface area (Å²) >= 11 is 0. The molecule has 16 nitrogen and oxygen atoms in total. The summed E-state index contributed by atoms with van der Waals surface area (Å²) in [5, 5.41) is 9.41. The van der Waals surface area contributed by atoms with Gasteiger partial charge in [-0.1, -0.05) is 35.1 Å². The third kappa shape index (κ3) is 22.7. The average Bonchev–Trinajstić information content (AvgIpc) is 0.799. The number of hydrogen-bond donors (Lipinski definition) is 2. The topological polar surface area (TPSA) is 202 Å². The van der Waals surface area contributed by atoms with Gasteiger partial charge in [-0.25, -0.2) is 13.6 Å². The van der Waals surface area contributed by atoms with Gasteiger partial charge in [0.05, 0.1) is 46.3 Å². The molecular formula is C76H107F2N5O11. The molecule has 0 spiro atoms. The summed E-state index contributed by atoms with van der Waals surface area (Å²) in [4.78, 5) is 80.0. The number of ether oxygens (including phenoxy) is 4. The molecule has 0 fully saturated rings. The summed E-state index contributed by atoms with van der Waals surface area (Å²) in [6, 6.07) is 15.7. The number of likely N-dealkylation sites (N-methyl/N-ethyl adjacent to an activating group) is 2. The summed E-state index contributed by atoms with van der Waals surface area (Å²) in [6.45, 7) is 28.6. The van der Waals surface area contributed by atoms with Crippen molar-refractivity contribution in [1.29, 1.82) is 0 Å². The smallest absolute Gasteiger partial charge is 0.326 e.